The maximum atomic E-state index is 13.3. The van der Waals surface area contributed by atoms with E-state index in [2.05, 4.69) is 15.6 Å². The van der Waals surface area contributed by atoms with Gasteiger partial charge in [-0.05, 0) is 34.9 Å². The van der Waals surface area contributed by atoms with Crippen molar-refractivity contribution in [1.82, 2.24) is 10.3 Å². The van der Waals surface area contributed by atoms with Crippen molar-refractivity contribution in [1.29, 1.82) is 0 Å². The van der Waals surface area contributed by atoms with Crippen LogP contribution in [0.25, 0.3) is 10.2 Å². The number of hydrogen-bond donors (Lipinski definition) is 4. The zero-order valence-corrected chi connectivity index (χ0v) is 22.4. The van der Waals surface area contributed by atoms with E-state index in [1.165, 1.54) is 18.3 Å². The number of rotatable bonds is 8. The molecule has 0 bridgehead atoms. The van der Waals surface area contributed by atoms with Crippen LogP contribution in [0.4, 0.5) is 18.9 Å². The van der Waals surface area contributed by atoms with Gasteiger partial charge < -0.3 is 21.5 Å². The second-order valence-electron chi connectivity index (χ2n) is 8.66. The van der Waals surface area contributed by atoms with Crippen molar-refractivity contribution in [3.63, 3.8) is 0 Å². The number of Topliss-reactive ketones (excluding diaryl/α,β-unsaturated/α-hetero) is 1. The van der Waals surface area contributed by atoms with Crippen molar-refractivity contribution in [2.45, 2.75) is 32.1 Å². The predicted molar refractivity (Wildman–Crippen MR) is 147 cm³/mol. The Morgan fingerprint density at radius 3 is 2.17 bits per heavy atom. The van der Waals surface area contributed by atoms with Crippen LogP contribution >= 0.6 is 11.3 Å². The molecule has 0 aliphatic carbocycles. The van der Waals surface area contributed by atoms with E-state index in [0.717, 1.165) is 15.8 Å². The lowest BCUT2D eigenvalue weighted by Gasteiger charge is -2.16. The smallest absolute Gasteiger partial charge is 0.475 e. The fraction of sp³-hybridized carbons (Fsp3) is 0.179. The Balaban J connectivity index is 0.000000587. The van der Waals surface area contributed by atoms with Crippen molar-refractivity contribution in [3.05, 3.63) is 94.5 Å². The molecule has 1 unspecified atom stereocenters. The number of carbonyl (C=O) groups excluding carboxylic acids is 3. The minimum absolute atomic E-state index is 0.127. The van der Waals surface area contributed by atoms with Gasteiger partial charge in [0.05, 0.1) is 16.6 Å². The molecule has 1 atom stereocenters. The van der Waals surface area contributed by atoms with Crippen LogP contribution < -0.4 is 16.4 Å². The summed E-state index contributed by atoms with van der Waals surface area (Å²) in [7, 11) is 0. The van der Waals surface area contributed by atoms with Crippen LogP contribution in [0, 0.1) is 0 Å². The number of ketones is 1. The minimum atomic E-state index is -5.08. The number of halogens is 3. The number of anilines is 1. The SMILES string of the molecule is CC(=O)NC(C(=O)c1nc2ccc(NC(=O)Cc3ccccc3)cc2s1)c1ccc(CN)cc1.O=C(O)C(F)(F)F. The quantitative estimate of drug-likeness (QED) is 0.220. The molecule has 4 rings (SSSR count). The molecule has 1 heterocycles. The molecular weight excluding hydrogens is 561 g/mol. The average molecular weight is 587 g/mol. The molecule has 214 valence electrons. The second-order valence-corrected chi connectivity index (χ2v) is 9.69. The van der Waals surface area contributed by atoms with E-state index in [0.29, 0.717) is 23.3 Å². The molecule has 0 aliphatic heterocycles. The van der Waals surface area contributed by atoms with Crippen molar-refractivity contribution >= 4 is 50.8 Å². The standard InChI is InChI=1S/C26H24N4O3S.C2HF3O2/c1-16(31)28-24(19-9-7-18(15-27)8-10-19)25(33)26-30-21-12-11-20(14-22(21)34-26)29-23(32)13-17-5-3-2-4-6-17;3-2(4,5)1(6)7/h2-12,14,24H,13,15,27H2,1H3,(H,28,31)(H,29,32);(H,6,7). The number of aliphatic carboxylic acids is 1. The summed E-state index contributed by atoms with van der Waals surface area (Å²) in [6.07, 6.45) is -4.81. The molecule has 9 nitrogen and oxygen atoms in total. The number of fused-ring (bicyclic) bond motifs is 1. The lowest BCUT2D eigenvalue weighted by molar-refractivity contribution is -0.192. The monoisotopic (exact) mass is 586 g/mol. The van der Waals surface area contributed by atoms with Crippen molar-refractivity contribution in [2.24, 2.45) is 5.73 Å². The molecule has 4 aromatic rings. The summed E-state index contributed by atoms with van der Waals surface area (Å²) >= 11 is 1.23. The third-order valence-electron chi connectivity index (χ3n) is 5.49. The van der Waals surface area contributed by atoms with Crippen molar-refractivity contribution in [3.8, 4) is 0 Å². The zero-order valence-electron chi connectivity index (χ0n) is 21.6. The Morgan fingerprint density at radius 2 is 1.61 bits per heavy atom. The zero-order chi connectivity index (χ0) is 30.2. The maximum absolute atomic E-state index is 13.3. The molecule has 1 aromatic heterocycles. The molecule has 5 N–H and O–H groups in total. The average Bonchev–Trinajstić information content (AvgIpc) is 3.35. The van der Waals surface area contributed by atoms with Gasteiger partial charge in [-0.15, -0.1) is 11.3 Å². The van der Waals surface area contributed by atoms with E-state index < -0.39 is 18.2 Å². The highest BCUT2D eigenvalue weighted by Gasteiger charge is 2.38. The van der Waals surface area contributed by atoms with Gasteiger partial charge in [-0.25, -0.2) is 9.78 Å². The normalized spacial score (nSPS) is 11.6. The molecule has 2 amide bonds. The van der Waals surface area contributed by atoms with Crippen molar-refractivity contribution in [2.75, 3.05) is 5.32 Å². The maximum Gasteiger partial charge on any atom is 0.490 e. The molecule has 0 saturated heterocycles. The summed E-state index contributed by atoms with van der Waals surface area (Å²) in [6, 6.07) is 21.2. The van der Waals surface area contributed by atoms with Crippen LogP contribution in [0.5, 0.6) is 0 Å². The van der Waals surface area contributed by atoms with Crippen LogP contribution in [-0.2, 0) is 27.3 Å². The Bertz CT molecular complexity index is 1540. The number of nitrogens with zero attached hydrogens (tertiary/aromatic N) is 1. The molecule has 0 aliphatic rings. The lowest BCUT2D eigenvalue weighted by Crippen LogP contribution is -2.32. The van der Waals surface area contributed by atoms with Crippen LogP contribution in [0.15, 0.2) is 72.8 Å². The highest BCUT2D eigenvalue weighted by molar-refractivity contribution is 7.20. The van der Waals surface area contributed by atoms with Crippen molar-refractivity contribution < 1.29 is 37.5 Å². The van der Waals surface area contributed by atoms with Gasteiger partial charge in [0.1, 0.15) is 6.04 Å². The van der Waals surface area contributed by atoms with E-state index in [-0.39, 0.29) is 29.0 Å². The second kappa shape index (κ2) is 13.6. The fourth-order valence-electron chi connectivity index (χ4n) is 3.57. The number of carboxylic acids is 1. The largest absolute Gasteiger partial charge is 0.490 e. The van der Waals surface area contributed by atoms with E-state index >= 15 is 0 Å². The number of thiazole rings is 1. The van der Waals surface area contributed by atoms with Gasteiger partial charge in [0.25, 0.3) is 0 Å². The number of amides is 2. The van der Waals surface area contributed by atoms with Crippen LogP contribution in [-0.4, -0.2) is 39.8 Å². The van der Waals surface area contributed by atoms with Gasteiger partial charge in [0.15, 0.2) is 5.01 Å². The number of benzene rings is 3. The number of alkyl halides is 3. The Labute approximate surface area is 236 Å². The first kappa shape index (κ1) is 30.9. The number of nitrogens with one attached hydrogen (secondary N) is 2. The van der Waals surface area contributed by atoms with Gasteiger partial charge in [-0.1, -0.05) is 54.6 Å². The summed E-state index contributed by atoms with van der Waals surface area (Å²) in [6.45, 7) is 1.76. The lowest BCUT2D eigenvalue weighted by atomic mass is 10.0. The highest BCUT2D eigenvalue weighted by Crippen LogP contribution is 2.29. The highest BCUT2D eigenvalue weighted by atomic mass is 32.1. The van der Waals surface area contributed by atoms with Gasteiger partial charge in [0.2, 0.25) is 17.6 Å². The third-order valence-corrected chi connectivity index (χ3v) is 6.52. The first-order valence-electron chi connectivity index (χ1n) is 12.0. The molecule has 41 heavy (non-hydrogen) atoms. The summed E-state index contributed by atoms with van der Waals surface area (Å²) in [5.74, 6) is -3.50. The van der Waals surface area contributed by atoms with Crippen LogP contribution in [0.1, 0.15) is 39.5 Å². The molecule has 0 fully saturated rings. The first-order valence-corrected chi connectivity index (χ1v) is 12.8. The number of hydrogen-bond acceptors (Lipinski definition) is 7. The number of nitrogens with two attached hydrogens (primary N) is 1. The summed E-state index contributed by atoms with van der Waals surface area (Å²) in [5, 5.41) is 13.0. The van der Waals surface area contributed by atoms with Gasteiger partial charge >= 0.3 is 12.1 Å². The molecule has 3 aromatic carbocycles. The minimum Gasteiger partial charge on any atom is -0.475 e. The Morgan fingerprint density at radius 1 is 0.976 bits per heavy atom. The summed E-state index contributed by atoms with van der Waals surface area (Å²) in [4.78, 5) is 50.9. The van der Waals surface area contributed by atoms with Gasteiger partial charge in [-0.3, -0.25) is 14.4 Å². The Kier molecular flexibility index (Phi) is 10.3. The molecule has 0 spiro atoms. The number of aromatic nitrogens is 1. The van der Waals surface area contributed by atoms with E-state index in [1.54, 1.807) is 30.3 Å². The topological polar surface area (TPSA) is 151 Å². The molecule has 13 heteroatoms. The van der Waals surface area contributed by atoms with Gasteiger partial charge in [-0.2, -0.15) is 13.2 Å². The predicted octanol–water partition coefficient (Wildman–Crippen LogP) is 4.63. The fourth-order valence-corrected chi connectivity index (χ4v) is 4.54. The third kappa shape index (κ3) is 8.95. The molecular formula is C28H25F3N4O5S. The molecule has 0 saturated carbocycles. The van der Waals surface area contributed by atoms with Gasteiger partial charge in [0, 0.05) is 19.2 Å². The number of carbonyl (C=O) groups is 4. The first-order chi connectivity index (χ1) is 19.4. The Hall–Kier alpha value is -4.62. The summed E-state index contributed by atoms with van der Waals surface area (Å²) < 4.78 is 32.5. The van der Waals surface area contributed by atoms with Crippen LogP contribution in [0.2, 0.25) is 0 Å². The van der Waals surface area contributed by atoms with E-state index in [4.69, 9.17) is 15.6 Å². The molecule has 0 radical (unpaired) electrons. The van der Waals surface area contributed by atoms with E-state index in [9.17, 15) is 27.6 Å². The number of carboxylic acid groups (broad SMARTS) is 1. The van der Waals surface area contributed by atoms with Crippen LogP contribution in [0.3, 0.4) is 0 Å². The summed E-state index contributed by atoms with van der Waals surface area (Å²) in [5.41, 5.74) is 9.45. The van der Waals surface area contributed by atoms with E-state index in [1.807, 2.05) is 42.5 Å².